The van der Waals surface area contributed by atoms with E-state index < -0.39 is 18.5 Å². The van der Waals surface area contributed by atoms with Gasteiger partial charge in [-0.25, -0.2) is 4.79 Å². The fourth-order valence-electron chi connectivity index (χ4n) is 3.10. The summed E-state index contributed by atoms with van der Waals surface area (Å²) < 4.78 is 15.6. The third-order valence-electron chi connectivity index (χ3n) is 4.65. The maximum absolute atomic E-state index is 12.5. The summed E-state index contributed by atoms with van der Waals surface area (Å²) in [4.78, 5) is 24.9. The summed E-state index contributed by atoms with van der Waals surface area (Å²) in [5, 5.41) is 11.0. The van der Waals surface area contributed by atoms with E-state index in [0.717, 1.165) is 11.4 Å². The van der Waals surface area contributed by atoms with E-state index in [9.17, 15) is 14.9 Å². The third-order valence-corrected chi connectivity index (χ3v) is 4.65. The van der Waals surface area contributed by atoms with Gasteiger partial charge in [0.25, 0.3) is 5.91 Å². The molecule has 0 bridgehead atoms. The Balaban J connectivity index is 1.41. The highest BCUT2D eigenvalue weighted by atomic mass is 16.7. The van der Waals surface area contributed by atoms with E-state index in [-0.39, 0.29) is 12.4 Å². The number of nitriles is 1. The number of amides is 1. The van der Waals surface area contributed by atoms with Crippen LogP contribution in [-0.4, -0.2) is 25.3 Å². The number of hydrogen-bond acceptors (Lipinski definition) is 7. The number of hydrazine groups is 1. The minimum atomic E-state index is -0.906. The maximum Gasteiger partial charge on any atom is 0.349 e. The zero-order chi connectivity index (χ0) is 23.0. The number of para-hydroxylation sites is 2. The Morgan fingerprint density at radius 1 is 0.970 bits per heavy atom. The molecule has 4 rings (SSSR count). The van der Waals surface area contributed by atoms with E-state index in [1.165, 1.54) is 6.08 Å². The summed E-state index contributed by atoms with van der Waals surface area (Å²) in [6.45, 7) is -0.442. The van der Waals surface area contributed by atoms with Gasteiger partial charge in [-0.15, -0.1) is 0 Å². The fraction of sp³-hybridized carbons (Fsp3) is 0.0800. The molecule has 0 radical (unpaired) electrons. The largest absolute Gasteiger partial charge is 0.454 e. The first-order valence-corrected chi connectivity index (χ1v) is 10.0. The molecule has 3 aromatic carbocycles. The number of carbonyl (C=O) groups is 2. The lowest BCUT2D eigenvalue weighted by Crippen LogP contribution is -2.41. The van der Waals surface area contributed by atoms with Gasteiger partial charge >= 0.3 is 5.97 Å². The van der Waals surface area contributed by atoms with Crippen LogP contribution in [-0.2, 0) is 14.3 Å². The summed E-state index contributed by atoms with van der Waals surface area (Å²) in [5.41, 5.74) is 4.50. The highest BCUT2D eigenvalue weighted by Crippen LogP contribution is 2.33. The van der Waals surface area contributed by atoms with Gasteiger partial charge in [-0.1, -0.05) is 42.5 Å². The molecule has 8 nitrogen and oxygen atoms in total. The molecule has 1 amide bonds. The number of anilines is 2. The van der Waals surface area contributed by atoms with Gasteiger partial charge in [-0.3, -0.25) is 15.2 Å². The second kappa shape index (κ2) is 10.0. The quantitative estimate of drug-likeness (QED) is 0.258. The van der Waals surface area contributed by atoms with Crippen LogP contribution in [0.3, 0.4) is 0 Å². The molecule has 33 heavy (non-hydrogen) atoms. The van der Waals surface area contributed by atoms with Gasteiger partial charge in [0.1, 0.15) is 11.6 Å². The van der Waals surface area contributed by atoms with E-state index in [0.29, 0.717) is 17.1 Å². The molecule has 0 aromatic heterocycles. The topological polar surface area (TPSA) is 101 Å². The number of ether oxygens (including phenoxy) is 3. The highest BCUT2D eigenvalue weighted by Gasteiger charge is 2.18. The molecule has 0 aliphatic carbocycles. The van der Waals surface area contributed by atoms with Gasteiger partial charge in [-0.2, -0.15) is 5.26 Å². The second-order valence-corrected chi connectivity index (χ2v) is 6.90. The number of nitrogens with zero attached hydrogens (tertiary/aromatic N) is 2. The van der Waals surface area contributed by atoms with Gasteiger partial charge in [0.2, 0.25) is 6.79 Å². The van der Waals surface area contributed by atoms with Gasteiger partial charge in [0.05, 0.1) is 11.4 Å². The van der Waals surface area contributed by atoms with Crippen LogP contribution < -0.4 is 19.9 Å². The summed E-state index contributed by atoms with van der Waals surface area (Å²) in [7, 11) is 0. The summed E-state index contributed by atoms with van der Waals surface area (Å²) in [6, 6.07) is 25.3. The first-order valence-electron chi connectivity index (χ1n) is 10.0. The van der Waals surface area contributed by atoms with E-state index in [4.69, 9.17) is 14.2 Å². The summed E-state index contributed by atoms with van der Waals surface area (Å²) in [5.74, 6) is -0.352. The van der Waals surface area contributed by atoms with Gasteiger partial charge in [0, 0.05) is 0 Å². The molecule has 0 saturated heterocycles. The van der Waals surface area contributed by atoms with E-state index in [1.54, 1.807) is 29.3 Å². The van der Waals surface area contributed by atoms with Gasteiger partial charge < -0.3 is 14.2 Å². The van der Waals surface area contributed by atoms with Crippen LogP contribution in [0.4, 0.5) is 11.4 Å². The van der Waals surface area contributed by atoms with Crippen molar-refractivity contribution in [1.82, 2.24) is 5.43 Å². The molecule has 0 spiro atoms. The minimum absolute atomic E-state index is 0.119. The smallest absolute Gasteiger partial charge is 0.349 e. The monoisotopic (exact) mass is 441 g/mol. The Kier molecular flexibility index (Phi) is 6.52. The van der Waals surface area contributed by atoms with Crippen LogP contribution in [0.1, 0.15) is 5.56 Å². The zero-order valence-electron chi connectivity index (χ0n) is 17.4. The van der Waals surface area contributed by atoms with E-state index in [2.05, 4.69) is 5.43 Å². The summed E-state index contributed by atoms with van der Waals surface area (Å²) in [6.07, 6.45) is 1.36. The molecular weight excluding hydrogens is 422 g/mol. The third kappa shape index (κ3) is 5.29. The van der Waals surface area contributed by atoms with Gasteiger partial charge in [0.15, 0.2) is 18.1 Å². The number of carbonyl (C=O) groups excluding carboxylic acids is 2. The normalized spacial score (nSPS) is 11.9. The number of rotatable bonds is 7. The Hall–Kier alpha value is -4.77. The number of benzene rings is 3. The molecule has 0 fully saturated rings. The van der Waals surface area contributed by atoms with Gasteiger partial charge in [-0.05, 0) is 48.0 Å². The predicted octanol–water partition coefficient (Wildman–Crippen LogP) is 3.73. The molecule has 8 heteroatoms. The van der Waals surface area contributed by atoms with Crippen molar-refractivity contribution in [3.05, 3.63) is 90.0 Å². The number of nitrogens with one attached hydrogen (secondary N) is 1. The van der Waals surface area contributed by atoms with Crippen molar-refractivity contribution in [2.45, 2.75) is 0 Å². The Morgan fingerprint density at radius 3 is 2.24 bits per heavy atom. The highest BCUT2D eigenvalue weighted by molar-refractivity contribution is 5.99. The summed E-state index contributed by atoms with van der Waals surface area (Å²) >= 11 is 0. The molecule has 1 aliphatic rings. The van der Waals surface area contributed by atoms with Crippen molar-refractivity contribution in [2.75, 3.05) is 18.4 Å². The van der Waals surface area contributed by atoms with Crippen molar-refractivity contribution < 1.29 is 23.8 Å². The molecule has 0 atom stereocenters. The van der Waals surface area contributed by atoms with Crippen molar-refractivity contribution in [3.63, 3.8) is 0 Å². The number of esters is 1. The van der Waals surface area contributed by atoms with Crippen LogP contribution in [0, 0.1) is 11.3 Å². The zero-order valence-corrected chi connectivity index (χ0v) is 17.4. The van der Waals surface area contributed by atoms with Crippen molar-refractivity contribution in [2.24, 2.45) is 0 Å². The first kappa shape index (κ1) is 21.5. The lowest BCUT2D eigenvalue weighted by atomic mass is 10.1. The molecule has 1 N–H and O–H groups in total. The van der Waals surface area contributed by atoms with Crippen LogP contribution >= 0.6 is 0 Å². The Labute approximate surface area is 190 Å². The molecule has 0 saturated carbocycles. The number of fused-ring (bicyclic) bond motifs is 1. The van der Waals surface area contributed by atoms with Crippen LogP contribution in [0.2, 0.25) is 0 Å². The molecule has 0 unspecified atom stereocenters. The Morgan fingerprint density at radius 2 is 1.61 bits per heavy atom. The van der Waals surface area contributed by atoms with Crippen molar-refractivity contribution in [1.29, 1.82) is 5.26 Å². The SMILES string of the molecule is N#C/C(=C\c1ccc2c(c1)OCO2)C(=O)OCC(=O)NN(c1ccccc1)c1ccccc1. The average molecular weight is 441 g/mol. The first-order chi connectivity index (χ1) is 16.1. The van der Waals surface area contributed by atoms with Crippen LogP contribution in [0.15, 0.2) is 84.4 Å². The number of hydrogen-bond donors (Lipinski definition) is 1. The Bertz CT molecular complexity index is 1180. The van der Waals surface area contributed by atoms with Crippen molar-refractivity contribution in [3.8, 4) is 17.6 Å². The lowest BCUT2D eigenvalue weighted by Gasteiger charge is -2.25. The van der Waals surface area contributed by atoms with E-state index >= 15 is 0 Å². The average Bonchev–Trinajstić information content (AvgIpc) is 3.33. The van der Waals surface area contributed by atoms with E-state index in [1.807, 2.05) is 60.7 Å². The molecule has 164 valence electrons. The molecule has 1 aliphatic heterocycles. The standard InChI is InChI=1S/C25H19N3O5/c26-15-19(13-18-11-12-22-23(14-18)33-17-32-22)25(30)31-16-24(29)27-28(20-7-3-1-4-8-20)21-9-5-2-6-10-21/h1-14H,16-17H2,(H,27,29)/b19-13+. The molecule has 1 heterocycles. The fourth-order valence-corrected chi connectivity index (χ4v) is 3.10. The maximum atomic E-state index is 12.5. The minimum Gasteiger partial charge on any atom is -0.454 e. The molecular formula is C25H19N3O5. The second-order valence-electron chi connectivity index (χ2n) is 6.90. The van der Waals surface area contributed by atoms with Crippen molar-refractivity contribution >= 4 is 29.3 Å². The van der Waals surface area contributed by atoms with Crippen LogP contribution in [0.25, 0.3) is 6.08 Å². The van der Waals surface area contributed by atoms with Crippen LogP contribution in [0.5, 0.6) is 11.5 Å². The lowest BCUT2D eigenvalue weighted by molar-refractivity contribution is -0.144. The molecule has 3 aromatic rings. The predicted molar refractivity (Wildman–Crippen MR) is 120 cm³/mol.